The van der Waals surface area contributed by atoms with Gasteiger partial charge < -0.3 is 0 Å². The molecule has 0 aliphatic heterocycles. The molecular formula is C16H17ClF3N3O2. The topological polar surface area (TPSA) is 47.4 Å². The third kappa shape index (κ3) is 4.13. The van der Waals surface area contributed by atoms with E-state index in [2.05, 4.69) is 5.10 Å². The number of aryl methyl sites for hydroxylation is 1. The van der Waals surface area contributed by atoms with Crippen molar-refractivity contribution in [3.63, 3.8) is 0 Å². The van der Waals surface area contributed by atoms with Crippen molar-refractivity contribution < 1.29 is 22.8 Å². The summed E-state index contributed by atoms with van der Waals surface area (Å²) in [5, 5.41) is 4.73. The largest absolute Gasteiger partial charge is 0.281 e. The number of carbonyl (C=O) groups is 1. The highest BCUT2D eigenvalue weighted by atomic mass is 35.5. The Balaban J connectivity index is 2.27. The molecule has 1 unspecified atom stereocenters. The molecule has 0 aliphatic rings. The Hall–Kier alpha value is -2.06. The first-order valence-corrected chi connectivity index (χ1v) is 7.75. The highest BCUT2D eigenvalue weighted by Crippen LogP contribution is 2.22. The van der Waals surface area contributed by atoms with E-state index in [1.807, 2.05) is 0 Å². The minimum Gasteiger partial charge on any atom is -0.275 e. The number of rotatable bonds is 6. The van der Waals surface area contributed by atoms with E-state index in [9.17, 15) is 18.0 Å². The van der Waals surface area contributed by atoms with Crippen molar-refractivity contribution >= 4 is 17.5 Å². The molecule has 0 aliphatic carbocycles. The highest BCUT2D eigenvalue weighted by Gasteiger charge is 2.27. The average molecular weight is 376 g/mol. The summed E-state index contributed by atoms with van der Waals surface area (Å²) in [7, 11) is 2.80. The Labute approximate surface area is 147 Å². The van der Waals surface area contributed by atoms with Gasteiger partial charge in [-0.3, -0.25) is 14.3 Å². The van der Waals surface area contributed by atoms with Gasteiger partial charge in [0.25, 0.3) is 5.91 Å². The second-order valence-electron chi connectivity index (χ2n) is 5.51. The summed E-state index contributed by atoms with van der Waals surface area (Å²) in [5.74, 6) is -2.28. The lowest BCUT2D eigenvalue weighted by Crippen LogP contribution is -2.39. The van der Waals surface area contributed by atoms with Gasteiger partial charge in [0.1, 0.15) is 24.0 Å². The molecule has 1 aromatic carbocycles. The molecule has 2 aromatic rings. The molecule has 0 saturated carbocycles. The first kappa shape index (κ1) is 19.3. The van der Waals surface area contributed by atoms with Crippen LogP contribution in [0.2, 0.25) is 5.02 Å². The van der Waals surface area contributed by atoms with E-state index in [1.54, 1.807) is 14.0 Å². The van der Waals surface area contributed by atoms with Gasteiger partial charge in [-0.25, -0.2) is 18.2 Å². The first-order valence-electron chi connectivity index (χ1n) is 7.38. The summed E-state index contributed by atoms with van der Waals surface area (Å²) in [6.07, 6.45) is 1.21. The van der Waals surface area contributed by atoms with Gasteiger partial charge in [0.2, 0.25) is 0 Å². The summed E-state index contributed by atoms with van der Waals surface area (Å²) in [5.41, 5.74) is -0.231. The van der Waals surface area contributed by atoms with Crippen LogP contribution in [-0.4, -0.2) is 33.9 Å². The third-order valence-corrected chi connectivity index (χ3v) is 3.88. The molecule has 136 valence electrons. The number of hydroxylamine groups is 2. The number of benzene rings is 1. The number of carbonyl (C=O) groups excluding carboxylic acids is 1. The Morgan fingerprint density at radius 1 is 1.40 bits per heavy atom. The molecule has 25 heavy (non-hydrogen) atoms. The van der Waals surface area contributed by atoms with Gasteiger partial charge in [0.05, 0.1) is 18.7 Å². The smallest absolute Gasteiger partial charge is 0.275 e. The molecule has 0 spiro atoms. The van der Waals surface area contributed by atoms with Crippen molar-refractivity contribution in [2.24, 2.45) is 7.05 Å². The van der Waals surface area contributed by atoms with Crippen LogP contribution >= 0.6 is 11.6 Å². The van der Waals surface area contributed by atoms with E-state index in [-0.39, 0.29) is 28.3 Å². The van der Waals surface area contributed by atoms with Gasteiger partial charge in [0.15, 0.2) is 0 Å². The average Bonchev–Trinajstić information content (AvgIpc) is 2.92. The number of hydrogen-bond acceptors (Lipinski definition) is 3. The summed E-state index contributed by atoms with van der Waals surface area (Å²) >= 11 is 5.60. The molecule has 2 rings (SSSR count). The molecule has 1 heterocycles. The standard InChI is InChI=1S/C16H17ClF3N3O2/c1-9(4-11-13(19)5-10(17)6-14(11)20)23(25-3)16(24)12-8-22(2)21-15(12)7-18/h5-6,8-9H,4,7H2,1-3H3. The minimum atomic E-state index is -0.922. The van der Waals surface area contributed by atoms with Crippen molar-refractivity contribution in [2.45, 2.75) is 26.1 Å². The number of hydrogen-bond donors (Lipinski definition) is 0. The monoisotopic (exact) mass is 375 g/mol. The van der Waals surface area contributed by atoms with E-state index < -0.39 is 30.3 Å². The lowest BCUT2D eigenvalue weighted by Gasteiger charge is -2.26. The quantitative estimate of drug-likeness (QED) is 0.726. The number of aromatic nitrogens is 2. The second-order valence-corrected chi connectivity index (χ2v) is 5.95. The number of nitrogens with zero attached hydrogens (tertiary/aromatic N) is 3. The van der Waals surface area contributed by atoms with Crippen LogP contribution in [0, 0.1) is 11.6 Å². The molecular weight excluding hydrogens is 359 g/mol. The van der Waals surface area contributed by atoms with Crippen molar-refractivity contribution in [1.82, 2.24) is 14.8 Å². The molecule has 1 aromatic heterocycles. The van der Waals surface area contributed by atoms with Crippen molar-refractivity contribution in [2.75, 3.05) is 7.11 Å². The molecule has 1 amide bonds. The predicted octanol–water partition coefficient (Wildman–Crippen LogP) is 3.46. The van der Waals surface area contributed by atoms with Crippen LogP contribution in [0.3, 0.4) is 0 Å². The Morgan fingerprint density at radius 2 is 2.00 bits per heavy atom. The van der Waals surface area contributed by atoms with Crippen LogP contribution in [0.5, 0.6) is 0 Å². The fourth-order valence-electron chi connectivity index (χ4n) is 2.54. The zero-order valence-corrected chi connectivity index (χ0v) is 14.6. The maximum absolute atomic E-state index is 14.0. The second kappa shape index (κ2) is 7.88. The summed E-state index contributed by atoms with van der Waals surface area (Å²) in [6, 6.07) is 1.26. The SMILES string of the molecule is CON(C(=O)c1cn(C)nc1CF)C(C)Cc1c(F)cc(Cl)cc1F. The molecule has 0 fully saturated rings. The number of amides is 1. The van der Waals surface area contributed by atoms with E-state index in [4.69, 9.17) is 16.4 Å². The van der Waals surface area contributed by atoms with Gasteiger partial charge in [-0.15, -0.1) is 0 Å². The zero-order chi connectivity index (χ0) is 18.7. The van der Waals surface area contributed by atoms with Crippen LogP contribution in [0.15, 0.2) is 18.3 Å². The van der Waals surface area contributed by atoms with Crippen LogP contribution in [0.4, 0.5) is 13.2 Å². The highest BCUT2D eigenvalue weighted by molar-refractivity contribution is 6.30. The van der Waals surface area contributed by atoms with Crippen molar-refractivity contribution in [3.8, 4) is 0 Å². The lowest BCUT2D eigenvalue weighted by atomic mass is 10.0. The van der Waals surface area contributed by atoms with Crippen LogP contribution < -0.4 is 0 Å². The molecule has 0 N–H and O–H groups in total. The van der Waals surface area contributed by atoms with Crippen LogP contribution in [-0.2, 0) is 25.0 Å². The van der Waals surface area contributed by atoms with Gasteiger partial charge in [0, 0.05) is 30.3 Å². The zero-order valence-electron chi connectivity index (χ0n) is 13.9. The van der Waals surface area contributed by atoms with Gasteiger partial charge in [-0.05, 0) is 19.1 Å². The molecule has 0 saturated heterocycles. The van der Waals surface area contributed by atoms with E-state index in [1.165, 1.54) is 18.0 Å². The molecule has 0 bridgehead atoms. The molecule has 1 atom stereocenters. The summed E-state index contributed by atoms with van der Waals surface area (Å²) < 4.78 is 42.2. The predicted molar refractivity (Wildman–Crippen MR) is 85.7 cm³/mol. The number of alkyl halides is 1. The normalized spacial score (nSPS) is 12.3. The fraction of sp³-hybridized carbons (Fsp3) is 0.375. The first-order chi connectivity index (χ1) is 11.8. The van der Waals surface area contributed by atoms with Gasteiger partial charge in [-0.1, -0.05) is 11.6 Å². The maximum atomic E-state index is 14.0. The Bertz CT molecular complexity index is 759. The Kier molecular flexibility index (Phi) is 6.07. The molecule has 5 nitrogen and oxygen atoms in total. The van der Waals surface area contributed by atoms with E-state index >= 15 is 0 Å². The van der Waals surface area contributed by atoms with Gasteiger partial charge >= 0.3 is 0 Å². The van der Waals surface area contributed by atoms with E-state index in [0.717, 1.165) is 17.2 Å². The maximum Gasteiger partial charge on any atom is 0.281 e. The lowest BCUT2D eigenvalue weighted by molar-refractivity contribution is -0.119. The molecule has 9 heteroatoms. The van der Waals surface area contributed by atoms with Crippen LogP contribution in [0.25, 0.3) is 0 Å². The van der Waals surface area contributed by atoms with Crippen LogP contribution in [0.1, 0.15) is 28.5 Å². The van der Waals surface area contributed by atoms with E-state index in [0.29, 0.717) is 0 Å². The third-order valence-electron chi connectivity index (χ3n) is 3.66. The minimum absolute atomic E-state index is 0.0238. The summed E-state index contributed by atoms with van der Waals surface area (Å²) in [4.78, 5) is 17.7. The van der Waals surface area contributed by atoms with Gasteiger partial charge in [-0.2, -0.15) is 5.10 Å². The Morgan fingerprint density at radius 3 is 2.52 bits per heavy atom. The molecule has 0 radical (unpaired) electrons. The van der Waals surface area contributed by atoms with Crippen molar-refractivity contribution in [1.29, 1.82) is 0 Å². The summed E-state index contributed by atoms with van der Waals surface area (Å²) in [6.45, 7) is 0.634. The fourth-order valence-corrected chi connectivity index (χ4v) is 2.73. The van der Waals surface area contributed by atoms with Crippen molar-refractivity contribution in [3.05, 3.63) is 51.8 Å². The number of halogens is 4.